The highest BCUT2D eigenvalue weighted by Gasteiger charge is 2.26. The first-order valence-electron chi connectivity index (χ1n) is 8.41. The second-order valence-corrected chi connectivity index (χ2v) is 7.54. The van der Waals surface area contributed by atoms with E-state index in [9.17, 15) is 18.5 Å². The highest BCUT2D eigenvalue weighted by molar-refractivity contribution is 7.92. The summed E-state index contributed by atoms with van der Waals surface area (Å²) in [5.41, 5.74) is 1.09. The van der Waals surface area contributed by atoms with Gasteiger partial charge in [0.15, 0.2) is 4.90 Å². The van der Waals surface area contributed by atoms with Gasteiger partial charge in [-0.2, -0.15) is 0 Å². The van der Waals surface area contributed by atoms with Gasteiger partial charge in [-0.05, 0) is 42.5 Å². The summed E-state index contributed by atoms with van der Waals surface area (Å²) in [6, 6.07) is 19.4. The molecule has 0 atom stereocenters. The summed E-state index contributed by atoms with van der Waals surface area (Å²) >= 11 is 0. The summed E-state index contributed by atoms with van der Waals surface area (Å²) in [6.45, 7) is 0. The lowest BCUT2D eigenvalue weighted by Gasteiger charge is -2.09. The van der Waals surface area contributed by atoms with Crippen molar-refractivity contribution in [2.24, 2.45) is 0 Å². The number of sulfonamides is 1. The van der Waals surface area contributed by atoms with Crippen molar-refractivity contribution in [1.82, 2.24) is 0 Å². The summed E-state index contributed by atoms with van der Waals surface area (Å²) in [7, 11) is -2.85. The molecule has 0 amide bonds. The van der Waals surface area contributed by atoms with Crippen LogP contribution in [0.15, 0.2) is 77.7 Å². The van der Waals surface area contributed by atoms with Gasteiger partial charge < -0.3 is 4.74 Å². The van der Waals surface area contributed by atoms with E-state index in [1.807, 2.05) is 30.3 Å². The largest absolute Gasteiger partial charge is 0.497 e. The Labute approximate surface area is 168 Å². The predicted molar refractivity (Wildman–Crippen MR) is 109 cm³/mol. The van der Waals surface area contributed by atoms with E-state index in [0.717, 1.165) is 17.7 Å². The number of rotatable bonds is 5. The van der Waals surface area contributed by atoms with Crippen molar-refractivity contribution in [2.45, 2.75) is 4.90 Å². The van der Waals surface area contributed by atoms with Gasteiger partial charge >= 0.3 is 0 Å². The average molecular weight is 408 g/mol. The van der Waals surface area contributed by atoms with Gasteiger partial charge in [0.1, 0.15) is 5.75 Å². The Morgan fingerprint density at radius 3 is 2.31 bits per heavy atom. The molecule has 0 spiro atoms. The molecule has 7 nitrogen and oxygen atoms in total. The van der Waals surface area contributed by atoms with E-state index in [1.54, 1.807) is 24.3 Å². The fraction of sp³-hybridized carbons (Fsp3) is 0.0476. The molecule has 0 unspecified atom stereocenters. The van der Waals surface area contributed by atoms with Gasteiger partial charge in [0.05, 0.1) is 23.8 Å². The van der Waals surface area contributed by atoms with Gasteiger partial charge in [-0.1, -0.05) is 36.1 Å². The van der Waals surface area contributed by atoms with E-state index < -0.39 is 25.5 Å². The Balaban J connectivity index is 1.90. The number of ether oxygens (including phenoxy) is 1. The fourth-order valence-electron chi connectivity index (χ4n) is 2.53. The minimum absolute atomic E-state index is 0.189. The van der Waals surface area contributed by atoms with Crippen LogP contribution in [-0.2, 0) is 10.0 Å². The van der Waals surface area contributed by atoms with Crippen molar-refractivity contribution in [2.75, 3.05) is 11.8 Å². The van der Waals surface area contributed by atoms with Crippen LogP contribution >= 0.6 is 0 Å². The van der Waals surface area contributed by atoms with Crippen LogP contribution in [-0.4, -0.2) is 20.5 Å². The van der Waals surface area contributed by atoms with Gasteiger partial charge in [0.2, 0.25) is 0 Å². The number of nitrogens with one attached hydrogen (secondary N) is 1. The van der Waals surface area contributed by atoms with Crippen molar-refractivity contribution >= 4 is 21.4 Å². The summed E-state index contributed by atoms with van der Waals surface area (Å²) in [5, 5.41) is 11.3. The Morgan fingerprint density at radius 1 is 0.931 bits per heavy atom. The molecule has 8 heteroatoms. The summed E-state index contributed by atoms with van der Waals surface area (Å²) in [4.78, 5) is 10.1. The van der Waals surface area contributed by atoms with E-state index in [0.29, 0.717) is 5.56 Å². The van der Waals surface area contributed by atoms with Gasteiger partial charge in [0.25, 0.3) is 15.7 Å². The Morgan fingerprint density at radius 2 is 1.62 bits per heavy atom. The maximum Gasteiger partial charge on any atom is 0.293 e. The highest BCUT2D eigenvalue weighted by Crippen LogP contribution is 2.29. The van der Waals surface area contributed by atoms with Crippen molar-refractivity contribution < 1.29 is 18.1 Å². The SMILES string of the molecule is COc1ccc(S(=O)(=O)Nc2cccc(C#Cc3ccccc3)c2)c([N+](=O)[O-])c1. The summed E-state index contributed by atoms with van der Waals surface area (Å²) in [5.74, 6) is 6.14. The second kappa shape index (κ2) is 8.46. The number of hydrogen-bond donors (Lipinski definition) is 1. The van der Waals surface area contributed by atoms with Crippen LogP contribution in [0.25, 0.3) is 0 Å². The Bertz CT molecular complexity index is 1210. The van der Waals surface area contributed by atoms with Crippen molar-refractivity contribution in [3.8, 4) is 17.6 Å². The minimum atomic E-state index is -4.19. The average Bonchev–Trinajstić information content (AvgIpc) is 2.72. The van der Waals surface area contributed by atoms with Crippen LogP contribution in [0.3, 0.4) is 0 Å². The lowest BCUT2D eigenvalue weighted by atomic mass is 10.2. The Kier molecular flexibility index (Phi) is 5.81. The summed E-state index contributed by atoms with van der Waals surface area (Å²) in [6.07, 6.45) is 0. The number of nitro groups is 1. The number of nitrogens with zero attached hydrogens (tertiary/aromatic N) is 1. The third-order valence-corrected chi connectivity index (χ3v) is 5.32. The van der Waals surface area contributed by atoms with Crippen LogP contribution in [0.2, 0.25) is 0 Å². The fourth-order valence-corrected chi connectivity index (χ4v) is 3.73. The van der Waals surface area contributed by atoms with Crippen molar-refractivity contribution in [1.29, 1.82) is 0 Å². The zero-order valence-corrected chi connectivity index (χ0v) is 16.1. The molecule has 0 aliphatic carbocycles. The number of nitro benzene ring substituents is 1. The molecule has 29 heavy (non-hydrogen) atoms. The molecule has 0 aromatic heterocycles. The van der Waals surface area contributed by atoms with Crippen LogP contribution < -0.4 is 9.46 Å². The van der Waals surface area contributed by atoms with Crippen LogP contribution in [0.5, 0.6) is 5.75 Å². The molecule has 0 fully saturated rings. The van der Waals surface area contributed by atoms with Crippen LogP contribution in [0.4, 0.5) is 11.4 Å². The molecule has 0 aliphatic heterocycles. The number of benzene rings is 3. The smallest absolute Gasteiger partial charge is 0.293 e. The molecule has 146 valence electrons. The van der Waals surface area contributed by atoms with Gasteiger partial charge in [0, 0.05) is 11.1 Å². The van der Waals surface area contributed by atoms with Crippen molar-refractivity contribution in [3.63, 3.8) is 0 Å². The first-order valence-corrected chi connectivity index (χ1v) is 9.90. The van der Waals surface area contributed by atoms with Gasteiger partial charge in [-0.3, -0.25) is 14.8 Å². The molecule has 0 radical (unpaired) electrons. The second-order valence-electron chi connectivity index (χ2n) is 5.89. The normalized spacial score (nSPS) is 10.5. The molecule has 0 saturated carbocycles. The summed E-state index contributed by atoms with van der Waals surface area (Å²) < 4.78 is 32.7. The third-order valence-electron chi connectivity index (χ3n) is 3.89. The molecule has 3 rings (SSSR count). The maximum atomic E-state index is 12.7. The highest BCUT2D eigenvalue weighted by atomic mass is 32.2. The minimum Gasteiger partial charge on any atom is -0.497 e. The number of methoxy groups -OCH3 is 1. The first kappa shape index (κ1) is 19.9. The zero-order chi connectivity index (χ0) is 20.9. The van der Waals surface area contributed by atoms with E-state index in [-0.39, 0.29) is 11.4 Å². The third kappa shape index (κ3) is 4.91. The molecule has 0 heterocycles. The predicted octanol–water partition coefficient (Wildman–Crippen LogP) is 3.80. The van der Waals surface area contributed by atoms with E-state index >= 15 is 0 Å². The number of anilines is 1. The van der Waals surface area contributed by atoms with E-state index in [2.05, 4.69) is 16.6 Å². The lowest BCUT2D eigenvalue weighted by molar-refractivity contribution is -0.387. The Hall–Kier alpha value is -3.83. The van der Waals surface area contributed by atoms with Crippen LogP contribution in [0.1, 0.15) is 11.1 Å². The zero-order valence-electron chi connectivity index (χ0n) is 15.3. The monoisotopic (exact) mass is 408 g/mol. The topological polar surface area (TPSA) is 98.5 Å². The molecular formula is C21H16N2O5S. The van der Waals surface area contributed by atoms with Gasteiger partial charge in [-0.15, -0.1) is 0 Å². The molecule has 0 aliphatic rings. The van der Waals surface area contributed by atoms with E-state index in [4.69, 9.17) is 4.74 Å². The number of hydrogen-bond acceptors (Lipinski definition) is 5. The molecule has 3 aromatic carbocycles. The first-order chi connectivity index (χ1) is 13.9. The maximum absolute atomic E-state index is 12.7. The van der Waals surface area contributed by atoms with E-state index in [1.165, 1.54) is 13.2 Å². The van der Waals surface area contributed by atoms with Crippen LogP contribution in [0, 0.1) is 22.0 Å². The lowest BCUT2D eigenvalue weighted by Crippen LogP contribution is -2.15. The molecule has 1 N–H and O–H groups in total. The standard InChI is InChI=1S/C21H16N2O5S/c1-28-19-12-13-21(20(15-19)23(24)25)29(26,27)22-18-9-5-8-17(14-18)11-10-16-6-3-2-4-7-16/h2-9,12-15,22H,1H3. The molecule has 3 aromatic rings. The van der Waals surface area contributed by atoms with Crippen molar-refractivity contribution in [3.05, 3.63) is 94.0 Å². The molecule has 0 saturated heterocycles. The molecule has 0 bridgehead atoms. The molecular weight excluding hydrogens is 392 g/mol. The van der Waals surface area contributed by atoms with Gasteiger partial charge in [-0.25, -0.2) is 8.42 Å². The quantitative estimate of drug-likeness (QED) is 0.393.